The smallest absolute Gasteiger partial charge is 0.406 e. The number of nitrogens with one attached hydrogen (secondary N) is 1. The highest BCUT2D eigenvalue weighted by Gasteiger charge is 2.31. The van der Waals surface area contributed by atoms with Crippen LogP contribution in [0.5, 0.6) is 5.75 Å². The summed E-state index contributed by atoms with van der Waals surface area (Å²) in [5.74, 6) is 0.320. The number of ether oxygens (including phenoxy) is 1. The molecule has 28 heavy (non-hydrogen) atoms. The number of hydrogen-bond acceptors (Lipinski definition) is 4. The molecular weight excluding hydrogens is 389 g/mol. The van der Waals surface area contributed by atoms with Crippen LogP contribution in [0.25, 0.3) is 0 Å². The van der Waals surface area contributed by atoms with E-state index in [-0.39, 0.29) is 11.7 Å². The van der Waals surface area contributed by atoms with Crippen molar-refractivity contribution in [3.05, 3.63) is 46.7 Å². The van der Waals surface area contributed by atoms with Gasteiger partial charge in [-0.1, -0.05) is 6.07 Å². The highest BCUT2D eigenvalue weighted by atomic mass is 32.1. The van der Waals surface area contributed by atoms with Crippen molar-refractivity contribution in [1.29, 1.82) is 0 Å². The van der Waals surface area contributed by atoms with Crippen LogP contribution < -0.4 is 15.8 Å². The van der Waals surface area contributed by atoms with Gasteiger partial charge in [-0.25, -0.2) is 0 Å². The molecule has 0 bridgehead atoms. The van der Waals surface area contributed by atoms with Gasteiger partial charge >= 0.3 is 6.36 Å². The zero-order chi connectivity index (χ0) is 20.1. The van der Waals surface area contributed by atoms with E-state index in [1.165, 1.54) is 29.1 Å². The molecule has 1 fully saturated rings. The summed E-state index contributed by atoms with van der Waals surface area (Å²) < 4.78 is 40.5. The number of guanidine groups is 1. The van der Waals surface area contributed by atoms with E-state index >= 15 is 0 Å². The van der Waals surface area contributed by atoms with Crippen molar-refractivity contribution in [3.8, 4) is 5.75 Å². The lowest BCUT2D eigenvalue weighted by molar-refractivity contribution is -0.274. The molecule has 2 atom stereocenters. The van der Waals surface area contributed by atoms with Crippen molar-refractivity contribution in [1.82, 2.24) is 4.90 Å². The Kier molecular flexibility index (Phi) is 6.46. The number of alkyl halides is 3. The molecule has 3 rings (SSSR count). The molecule has 2 unspecified atom stereocenters. The maximum Gasteiger partial charge on any atom is 0.573 e. The number of thiophene rings is 1. The van der Waals surface area contributed by atoms with Gasteiger partial charge in [0.2, 0.25) is 0 Å². The highest BCUT2D eigenvalue weighted by molar-refractivity contribution is 7.10. The fourth-order valence-corrected chi connectivity index (χ4v) is 4.49. The monoisotopic (exact) mass is 412 g/mol. The number of piperidine rings is 1. The maximum atomic E-state index is 12.2. The van der Waals surface area contributed by atoms with Crippen molar-refractivity contribution < 1.29 is 17.9 Å². The van der Waals surface area contributed by atoms with E-state index in [0.717, 1.165) is 19.4 Å². The zero-order valence-corrected chi connectivity index (χ0v) is 16.3. The quantitative estimate of drug-likeness (QED) is 0.562. The maximum absolute atomic E-state index is 12.2. The van der Waals surface area contributed by atoms with E-state index in [0.29, 0.717) is 24.2 Å². The summed E-state index contributed by atoms with van der Waals surface area (Å²) in [6, 6.07) is 9.92. The fraction of sp³-hybridized carbons (Fsp3) is 0.421. The predicted molar refractivity (Wildman–Crippen MR) is 106 cm³/mol. The Labute approximate surface area is 166 Å². The summed E-state index contributed by atoms with van der Waals surface area (Å²) in [7, 11) is 2.13. The standard InChI is InChI=1S/C19H23F3N4OS/c1-26-10-2-4-13(17(26)16-5-3-11-28-16)12-24-18(23)25-14-6-8-15(9-7-14)27-19(20,21)22/h3,5-9,11,13,17H,2,4,10,12H2,1H3,(H3,23,24,25). The molecule has 0 amide bonds. The first-order chi connectivity index (χ1) is 13.3. The Balaban J connectivity index is 1.60. The van der Waals surface area contributed by atoms with Crippen LogP contribution in [-0.4, -0.2) is 37.4 Å². The molecule has 0 aliphatic carbocycles. The number of rotatable bonds is 5. The lowest BCUT2D eigenvalue weighted by Gasteiger charge is -2.38. The number of halogens is 3. The minimum absolute atomic E-state index is 0.239. The van der Waals surface area contributed by atoms with Crippen LogP contribution >= 0.6 is 11.3 Å². The largest absolute Gasteiger partial charge is 0.573 e. The van der Waals surface area contributed by atoms with Crippen LogP contribution in [0.1, 0.15) is 23.8 Å². The van der Waals surface area contributed by atoms with Gasteiger partial charge in [0.25, 0.3) is 0 Å². The minimum Gasteiger partial charge on any atom is -0.406 e. The van der Waals surface area contributed by atoms with Crippen LogP contribution in [0.2, 0.25) is 0 Å². The SMILES string of the molecule is CN1CCCC(CN=C(N)Nc2ccc(OC(F)(F)F)cc2)C1c1cccs1. The van der Waals surface area contributed by atoms with E-state index in [2.05, 4.69) is 44.5 Å². The van der Waals surface area contributed by atoms with E-state index in [1.807, 2.05) is 0 Å². The Morgan fingerprint density at radius 3 is 2.71 bits per heavy atom. The number of nitrogens with zero attached hydrogens (tertiary/aromatic N) is 2. The Morgan fingerprint density at radius 1 is 1.32 bits per heavy atom. The van der Waals surface area contributed by atoms with E-state index in [9.17, 15) is 13.2 Å². The van der Waals surface area contributed by atoms with Gasteiger partial charge in [-0.05, 0) is 68.1 Å². The van der Waals surface area contributed by atoms with Crippen LogP contribution in [0.3, 0.4) is 0 Å². The van der Waals surface area contributed by atoms with Crippen molar-refractivity contribution >= 4 is 23.0 Å². The summed E-state index contributed by atoms with van der Waals surface area (Å²) in [5.41, 5.74) is 6.53. The highest BCUT2D eigenvalue weighted by Crippen LogP contribution is 2.37. The Bertz CT molecular complexity index is 777. The van der Waals surface area contributed by atoms with Gasteiger partial charge in [0.15, 0.2) is 5.96 Å². The van der Waals surface area contributed by atoms with Gasteiger partial charge in [-0.2, -0.15) is 0 Å². The topological polar surface area (TPSA) is 62.9 Å². The third-order valence-corrected chi connectivity index (χ3v) is 5.64. The molecule has 5 nitrogen and oxygen atoms in total. The number of hydrogen-bond donors (Lipinski definition) is 2. The second-order valence-corrected chi connectivity index (χ2v) is 7.75. The van der Waals surface area contributed by atoms with Gasteiger partial charge in [0, 0.05) is 23.2 Å². The summed E-state index contributed by atoms with van der Waals surface area (Å²) in [5, 5.41) is 5.00. The molecule has 152 valence electrons. The molecule has 0 saturated carbocycles. The first-order valence-corrected chi connectivity index (χ1v) is 9.86. The first kappa shape index (κ1) is 20.5. The van der Waals surface area contributed by atoms with Gasteiger partial charge in [-0.15, -0.1) is 24.5 Å². The second kappa shape index (κ2) is 8.83. The van der Waals surface area contributed by atoms with Gasteiger partial charge in [0.05, 0.1) is 0 Å². The minimum atomic E-state index is -4.71. The lowest BCUT2D eigenvalue weighted by atomic mass is 9.88. The molecule has 1 aliphatic heterocycles. The molecule has 3 N–H and O–H groups in total. The fourth-order valence-electron chi connectivity index (χ4n) is 3.50. The van der Waals surface area contributed by atoms with Crippen molar-refractivity contribution in [2.24, 2.45) is 16.6 Å². The number of aliphatic imine (C=N–C) groups is 1. The summed E-state index contributed by atoms with van der Waals surface area (Å²) in [6.07, 6.45) is -2.51. The first-order valence-electron chi connectivity index (χ1n) is 8.98. The molecule has 2 heterocycles. The van der Waals surface area contributed by atoms with Crippen LogP contribution in [0.4, 0.5) is 18.9 Å². The molecule has 9 heteroatoms. The van der Waals surface area contributed by atoms with Gasteiger partial charge < -0.3 is 15.8 Å². The molecular formula is C19H23F3N4OS. The molecule has 0 spiro atoms. The van der Waals surface area contributed by atoms with Crippen LogP contribution in [0.15, 0.2) is 46.8 Å². The molecule has 1 saturated heterocycles. The number of nitrogens with two attached hydrogens (primary N) is 1. The van der Waals surface area contributed by atoms with E-state index in [4.69, 9.17) is 5.73 Å². The van der Waals surface area contributed by atoms with Gasteiger partial charge in [0.1, 0.15) is 5.75 Å². The average Bonchev–Trinajstić information content (AvgIpc) is 3.14. The molecule has 1 aromatic heterocycles. The van der Waals surface area contributed by atoms with Crippen molar-refractivity contribution in [2.75, 3.05) is 25.5 Å². The average molecular weight is 412 g/mol. The predicted octanol–water partition coefficient (Wildman–Crippen LogP) is 4.46. The molecule has 1 aromatic carbocycles. The number of likely N-dealkylation sites (tertiary alicyclic amines) is 1. The normalized spacial score (nSPS) is 21.5. The zero-order valence-electron chi connectivity index (χ0n) is 15.4. The lowest BCUT2D eigenvalue weighted by Crippen LogP contribution is -2.37. The number of anilines is 1. The second-order valence-electron chi connectivity index (χ2n) is 6.77. The number of benzene rings is 1. The van der Waals surface area contributed by atoms with Gasteiger partial charge in [-0.3, -0.25) is 9.89 Å². The molecule has 1 aliphatic rings. The van der Waals surface area contributed by atoms with E-state index < -0.39 is 6.36 Å². The summed E-state index contributed by atoms with van der Waals surface area (Å²) >= 11 is 1.75. The van der Waals surface area contributed by atoms with Crippen molar-refractivity contribution in [3.63, 3.8) is 0 Å². The van der Waals surface area contributed by atoms with Crippen molar-refractivity contribution in [2.45, 2.75) is 25.2 Å². The molecule has 2 aromatic rings. The summed E-state index contributed by atoms with van der Waals surface area (Å²) in [6.45, 7) is 1.64. The Morgan fingerprint density at radius 2 is 2.07 bits per heavy atom. The van der Waals surface area contributed by atoms with Crippen LogP contribution in [0, 0.1) is 5.92 Å². The Hall–Kier alpha value is -2.26. The van der Waals surface area contributed by atoms with E-state index in [1.54, 1.807) is 11.3 Å². The van der Waals surface area contributed by atoms with Crippen LogP contribution in [-0.2, 0) is 0 Å². The molecule has 0 radical (unpaired) electrons. The summed E-state index contributed by atoms with van der Waals surface area (Å²) in [4.78, 5) is 8.16. The third-order valence-electron chi connectivity index (χ3n) is 4.70. The third kappa shape index (κ3) is 5.62.